The van der Waals surface area contributed by atoms with E-state index in [0.29, 0.717) is 0 Å². The summed E-state index contributed by atoms with van der Waals surface area (Å²) in [5.74, 6) is 0. The number of nitrogens with one attached hydrogen (secondary N) is 2. The molecule has 2 N–H and O–H groups in total. The summed E-state index contributed by atoms with van der Waals surface area (Å²) in [6.07, 6.45) is 7.93. The Morgan fingerprint density at radius 3 is 1.85 bits per heavy atom. The Balaban J connectivity index is 1.87. The van der Waals surface area contributed by atoms with E-state index in [0.717, 1.165) is 50.5 Å². The number of thiocarbonyl (C=S) groups is 1. The first-order chi connectivity index (χ1) is 13.2. The Hall–Kier alpha value is -3.60. The van der Waals surface area contributed by atoms with E-state index >= 15 is 0 Å². The van der Waals surface area contributed by atoms with Gasteiger partial charge in [0.05, 0.1) is 39.1 Å². The van der Waals surface area contributed by atoms with Crippen molar-refractivity contribution in [3.63, 3.8) is 0 Å². The van der Waals surface area contributed by atoms with Gasteiger partial charge in [-0.3, -0.25) is 0 Å². The first kappa shape index (κ1) is 15.6. The lowest BCUT2D eigenvalue weighted by molar-refractivity contribution is 1.31. The van der Waals surface area contributed by atoms with Crippen molar-refractivity contribution in [2.45, 2.75) is 0 Å². The van der Waals surface area contributed by atoms with Crippen LogP contribution >= 0.6 is 12.2 Å². The molecule has 8 bridgehead atoms. The van der Waals surface area contributed by atoms with Gasteiger partial charge < -0.3 is 9.97 Å². The zero-order valence-corrected chi connectivity index (χ0v) is 14.9. The van der Waals surface area contributed by atoms with Gasteiger partial charge in [-0.25, -0.2) is 9.97 Å². The smallest absolute Gasteiger partial charge is 0.0995 e. The molecule has 0 radical (unpaired) electrons. The third kappa shape index (κ3) is 3.15. The van der Waals surface area contributed by atoms with Crippen molar-refractivity contribution in [2.75, 3.05) is 0 Å². The molecule has 128 valence electrons. The molecular weight excluding hydrogens is 354 g/mol. The average molecular weight is 367 g/mol. The largest absolute Gasteiger partial charge is 0.355 e. The standard InChI is InChI=1S/C21H13N5S/c27-12-22-20-11-19-9-17-4-3-15(24-17)7-13-1-2-14(23-13)8-16-5-6-18(25-16)10-21(20)26-19/h1-11,23,26H. The van der Waals surface area contributed by atoms with Gasteiger partial charge in [-0.1, -0.05) is 0 Å². The summed E-state index contributed by atoms with van der Waals surface area (Å²) in [7, 11) is 0. The molecule has 0 aromatic carbocycles. The van der Waals surface area contributed by atoms with Gasteiger partial charge in [0.25, 0.3) is 0 Å². The number of aliphatic imine (C=N–C) groups is 1. The van der Waals surface area contributed by atoms with Gasteiger partial charge in [0, 0.05) is 16.6 Å². The molecule has 0 aliphatic carbocycles. The molecule has 5 rings (SSSR count). The molecule has 6 heteroatoms. The Morgan fingerprint density at radius 2 is 1.26 bits per heavy atom. The van der Waals surface area contributed by atoms with Crippen LogP contribution in [0.15, 0.2) is 47.5 Å². The second-order valence-electron chi connectivity index (χ2n) is 6.26. The minimum atomic E-state index is 0.723. The van der Waals surface area contributed by atoms with Crippen LogP contribution < -0.4 is 0 Å². The van der Waals surface area contributed by atoms with Gasteiger partial charge in [0.15, 0.2) is 0 Å². The highest BCUT2D eigenvalue weighted by atomic mass is 32.1. The molecule has 0 spiro atoms. The zero-order chi connectivity index (χ0) is 18.2. The monoisotopic (exact) mass is 367 g/mol. The maximum absolute atomic E-state index is 4.78. The number of isothiocyanates is 1. The third-order valence-electron chi connectivity index (χ3n) is 4.31. The second kappa shape index (κ2) is 6.29. The molecule has 2 aliphatic rings. The Kier molecular flexibility index (Phi) is 3.64. The van der Waals surface area contributed by atoms with Gasteiger partial charge in [0.2, 0.25) is 0 Å². The third-order valence-corrected chi connectivity index (χ3v) is 4.40. The van der Waals surface area contributed by atoms with Crippen LogP contribution in [0.4, 0.5) is 5.69 Å². The van der Waals surface area contributed by atoms with Crippen molar-refractivity contribution in [2.24, 2.45) is 4.99 Å². The van der Waals surface area contributed by atoms with E-state index in [-0.39, 0.29) is 0 Å². The van der Waals surface area contributed by atoms with Crippen LogP contribution in [-0.2, 0) is 0 Å². The molecule has 0 amide bonds. The first-order valence-electron chi connectivity index (χ1n) is 8.41. The summed E-state index contributed by atoms with van der Waals surface area (Å²) in [6, 6.07) is 13.9. The molecule has 3 aromatic rings. The van der Waals surface area contributed by atoms with E-state index in [9.17, 15) is 0 Å². The van der Waals surface area contributed by atoms with E-state index in [4.69, 9.17) is 12.2 Å². The Morgan fingerprint density at radius 1 is 0.704 bits per heavy atom. The fourth-order valence-electron chi connectivity index (χ4n) is 3.14. The van der Waals surface area contributed by atoms with Gasteiger partial charge in [-0.15, -0.1) is 0 Å². The van der Waals surface area contributed by atoms with Crippen LogP contribution in [0.2, 0.25) is 0 Å². The minimum absolute atomic E-state index is 0.723. The zero-order valence-electron chi connectivity index (χ0n) is 14.1. The number of aromatic amines is 2. The lowest BCUT2D eigenvalue weighted by Gasteiger charge is -1.86. The lowest BCUT2D eigenvalue weighted by atomic mass is 10.3. The summed E-state index contributed by atoms with van der Waals surface area (Å²) in [6.45, 7) is 0. The van der Waals surface area contributed by atoms with Crippen LogP contribution in [0.3, 0.4) is 0 Å². The van der Waals surface area contributed by atoms with Crippen LogP contribution in [0.25, 0.3) is 46.4 Å². The first-order valence-corrected chi connectivity index (χ1v) is 8.82. The summed E-state index contributed by atoms with van der Waals surface area (Å²) in [5.41, 5.74) is 7.92. The number of aromatic nitrogens is 4. The minimum Gasteiger partial charge on any atom is -0.355 e. The molecule has 2 aliphatic heterocycles. The lowest BCUT2D eigenvalue weighted by Crippen LogP contribution is -1.75. The van der Waals surface area contributed by atoms with Crippen LogP contribution in [0.1, 0.15) is 22.8 Å². The van der Waals surface area contributed by atoms with Gasteiger partial charge in [0.1, 0.15) is 0 Å². The fourth-order valence-corrected chi connectivity index (χ4v) is 3.24. The van der Waals surface area contributed by atoms with E-state index in [1.54, 1.807) is 0 Å². The van der Waals surface area contributed by atoms with Crippen molar-refractivity contribution in [3.8, 4) is 0 Å². The molecule has 0 atom stereocenters. The maximum Gasteiger partial charge on any atom is 0.0995 e. The van der Waals surface area contributed by atoms with Gasteiger partial charge >= 0.3 is 0 Å². The van der Waals surface area contributed by atoms with Crippen molar-refractivity contribution >= 4 is 69.4 Å². The summed E-state index contributed by atoms with van der Waals surface area (Å²) >= 11 is 4.78. The van der Waals surface area contributed by atoms with Crippen molar-refractivity contribution < 1.29 is 0 Å². The van der Waals surface area contributed by atoms with Crippen LogP contribution in [-0.4, -0.2) is 25.1 Å². The van der Waals surface area contributed by atoms with E-state index in [1.807, 2.05) is 66.8 Å². The number of rotatable bonds is 1. The summed E-state index contributed by atoms with van der Waals surface area (Å²) < 4.78 is 0. The molecule has 0 saturated carbocycles. The van der Waals surface area contributed by atoms with E-state index in [1.165, 1.54) is 0 Å². The summed E-state index contributed by atoms with van der Waals surface area (Å²) in [4.78, 5) is 20.2. The average Bonchev–Trinajstić information content (AvgIpc) is 3.41. The molecule has 0 unspecified atom stereocenters. The van der Waals surface area contributed by atoms with E-state index in [2.05, 4.69) is 30.1 Å². The SMILES string of the molecule is S=C=Nc1cc2cc3nc(cc4ccc(cc5nc(cc1[nH]2)C=C5)[nH]4)C=C3. The highest BCUT2D eigenvalue weighted by Gasteiger charge is 2.04. The maximum atomic E-state index is 4.78. The fraction of sp³-hybridized carbons (Fsp3) is 0. The molecule has 5 heterocycles. The van der Waals surface area contributed by atoms with E-state index < -0.39 is 0 Å². The van der Waals surface area contributed by atoms with Gasteiger partial charge in [-0.2, -0.15) is 4.99 Å². The topological polar surface area (TPSA) is 69.7 Å². The molecule has 0 fully saturated rings. The normalized spacial score (nSPS) is 12.1. The quantitative estimate of drug-likeness (QED) is 0.308. The van der Waals surface area contributed by atoms with Crippen molar-refractivity contribution in [3.05, 3.63) is 65.2 Å². The number of hydrogen-bond acceptors (Lipinski definition) is 4. The predicted octanol–water partition coefficient (Wildman–Crippen LogP) is 5.39. The number of H-pyrrole nitrogens is 2. The number of fused-ring (bicyclic) bond motifs is 8. The highest BCUT2D eigenvalue weighted by molar-refractivity contribution is 7.78. The summed E-state index contributed by atoms with van der Waals surface area (Å²) in [5, 5.41) is 2.44. The van der Waals surface area contributed by atoms with Crippen LogP contribution in [0, 0.1) is 0 Å². The Bertz CT molecular complexity index is 1330. The second-order valence-corrected chi connectivity index (χ2v) is 6.45. The molecule has 5 nitrogen and oxygen atoms in total. The molecular formula is C21H13N5S. The molecule has 0 saturated heterocycles. The predicted molar refractivity (Wildman–Crippen MR) is 114 cm³/mol. The Labute approximate surface area is 159 Å². The van der Waals surface area contributed by atoms with Crippen molar-refractivity contribution in [1.29, 1.82) is 0 Å². The highest BCUT2D eigenvalue weighted by Crippen LogP contribution is 2.24. The number of hydrogen-bond donors (Lipinski definition) is 2. The molecule has 27 heavy (non-hydrogen) atoms. The van der Waals surface area contributed by atoms with Crippen molar-refractivity contribution in [1.82, 2.24) is 19.9 Å². The number of nitrogens with zero attached hydrogens (tertiary/aromatic N) is 3. The van der Waals surface area contributed by atoms with Crippen LogP contribution in [0.5, 0.6) is 0 Å². The van der Waals surface area contributed by atoms with Gasteiger partial charge in [-0.05, 0) is 79.0 Å². The molecule has 3 aromatic heterocycles.